The Morgan fingerprint density at radius 2 is 1.88 bits per heavy atom. The van der Waals surface area contributed by atoms with Crippen LogP contribution in [0.3, 0.4) is 0 Å². The molecule has 0 spiro atoms. The summed E-state index contributed by atoms with van der Waals surface area (Å²) in [5.74, 6) is 0. The number of benzene rings is 1. The van der Waals surface area contributed by atoms with Crippen molar-refractivity contribution in [2.45, 2.75) is 20.4 Å². The Balaban J connectivity index is 2.08. The fourth-order valence-corrected chi connectivity index (χ4v) is 1.86. The van der Waals surface area contributed by atoms with Crippen molar-refractivity contribution in [3.05, 3.63) is 48.5 Å². The predicted octanol–water partition coefficient (Wildman–Crippen LogP) is 1.20. The normalized spacial score (nSPS) is 10.5. The quantitative estimate of drug-likeness (QED) is 0.722. The molecule has 0 aliphatic rings. The maximum Gasteiger partial charge on any atom is 0.289 e. The van der Waals surface area contributed by atoms with Crippen LogP contribution >= 0.6 is 0 Å². The lowest BCUT2D eigenvalue weighted by molar-refractivity contribution is -0.744. The van der Waals surface area contributed by atoms with Crippen LogP contribution in [0.25, 0.3) is 0 Å². The minimum atomic E-state index is 0.815. The van der Waals surface area contributed by atoms with Crippen LogP contribution in [-0.2, 0) is 6.54 Å². The molecule has 0 unspecified atom stereocenters. The minimum absolute atomic E-state index is 0.815. The maximum atomic E-state index is 4.37. The summed E-state index contributed by atoms with van der Waals surface area (Å²) in [4.78, 5) is 0. The van der Waals surface area contributed by atoms with E-state index in [1.165, 1.54) is 5.56 Å². The molecule has 0 fully saturated rings. The number of rotatable bonds is 5. The van der Waals surface area contributed by atoms with Crippen molar-refractivity contribution in [2.24, 2.45) is 0 Å². The van der Waals surface area contributed by atoms with Crippen molar-refractivity contribution >= 4 is 0 Å². The van der Waals surface area contributed by atoms with Crippen LogP contribution in [0.4, 0.5) is 0 Å². The van der Waals surface area contributed by atoms with E-state index in [0.717, 1.165) is 19.6 Å². The molecule has 17 heavy (non-hydrogen) atoms. The first-order valence-electron chi connectivity index (χ1n) is 6.06. The van der Waals surface area contributed by atoms with Crippen LogP contribution in [0.1, 0.15) is 19.4 Å². The minimum Gasteiger partial charge on any atom is -0.243 e. The van der Waals surface area contributed by atoms with Crippen LogP contribution in [0.15, 0.2) is 43.0 Å². The van der Waals surface area contributed by atoms with Gasteiger partial charge >= 0.3 is 0 Å². The topological polar surface area (TPSA) is 24.9 Å². The molecule has 0 aliphatic carbocycles. The summed E-state index contributed by atoms with van der Waals surface area (Å²) in [7, 11) is 0. The molecule has 2 aromatic rings. The highest BCUT2D eigenvalue weighted by atomic mass is 15.6. The lowest BCUT2D eigenvalue weighted by Gasteiger charge is -2.13. The monoisotopic (exact) mass is 231 g/mol. The van der Waals surface area contributed by atoms with Gasteiger partial charge in [-0.25, -0.2) is 5.01 Å². The van der Waals surface area contributed by atoms with Crippen LogP contribution in [0, 0.1) is 0 Å². The van der Waals surface area contributed by atoms with E-state index in [9.17, 15) is 0 Å². The SMILES string of the molecule is CCN(CC)n1cn[n+](Cc2ccccc2)c1. The van der Waals surface area contributed by atoms with Gasteiger partial charge in [-0.3, -0.25) is 0 Å². The molecule has 0 atom stereocenters. The Labute approximate surface area is 102 Å². The molecule has 0 N–H and O–H groups in total. The van der Waals surface area contributed by atoms with Crippen LogP contribution in [0.2, 0.25) is 0 Å². The Kier molecular flexibility index (Phi) is 3.75. The number of hydrogen-bond donors (Lipinski definition) is 0. The van der Waals surface area contributed by atoms with Gasteiger partial charge in [0.2, 0.25) is 6.33 Å². The highest BCUT2D eigenvalue weighted by molar-refractivity contribution is 5.13. The molecule has 0 radical (unpaired) electrons. The van der Waals surface area contributed by atoms with E-state index in [1.54, 1.807) is 0 Å². The molecular weight excluding hydrogens is 212 g/mol. The summed E-state index contributed by atoms with van der Waals surface area (Å²) in [5, 5.41) is 6.58. The smallest absolute Gasteiger partial charge is 0.243 e. The molecule has 4 nitrogen and oxygen atoms in total. The number of nitrogens with zero attached hydrogens (tertiary/aromatic N) is 4. The molecule has 0 amide bonds. The van der Waals surface area contributed by atoms with Crippen molar-refractivity contribution < 1.29 is 4.68 Å². The van der Waals surface area contributed by atoms with Crippen LogP contribution in [0.5, 0.6) is 0 Å². The van der Waals surface area contributed by atoms with Gasteiger partial charge in [0, 0.05) is 0 Å². The Bertz CT molecular complexity index is 445. The Hall–Kier alpha value is -1.84. The molecule has 1 aromatic carbocycles. The van der Waals surface area contributed by atoms with E-state index in [4.69, 9.17) is 0 Å². The van der Waals surface area contributed by atoms with E-state index in [0.29, 0.717) is 0 Å². The van der Waals surface area contributed by atoms with Gasteiger partial charge in [-0.1, -0.05) is 30.3 Å². The molecule has 0 aliphatic heterocycles. The summed E-state index contributed by atoms with van der Waals surface area (Å²) in [6.45, 7) is 7.07. The third-order valence-electron chi connectivity index (χ3n) is 2.81. The lowest BCUT2D eigenvalue weighted by atomic mass is 10.2. The second-order valence-electron chi connectivity index (χ2n) is 3.95. The standard InChI is InChI=1S/C13H19N4/c1-3-16(4-2)17-11-14-15(12-17)10-13-8-6-5-7-9-13/h5-9,11-12H,3-4,10H2,1-2H3/q+1. The average Bonchev–Trinajstić information content (AvgIpc) is 2.81. The Morgan fingerprint density at radius 3 is 2.53 bits per heavy atom. The van der Waals surface area contributed by atoms with Gasteiger partial charge in [-0.05, 0) is 24.5 Å². The first-order chi connectivity index (χ1) is 8.33. The first-order valence-corrected chi connectivity index (χ1v) is 6.06. The van der Waals surface area contributed by atoms with Gasteiger partial charge in [-0.2, -0.15) is 0 Å². The molecule has 1 heterocycles. The molecule has 0 saturated carbocycles. The van der Waals surface area contributed by atoms with Crippen LogP contribution < -0.4 is 9.69 Å². The van der Waals surface area contributed by atoms with E-state index in [1.807, 2.05) is 28.1 Å². The van der Waals surface area contributed by atoms with Crippen molar-refractivity contribution in [3.63, 3.8) is 0 Å². The first kappa shape index (κ1) is 11.6. The van der Waals surface area contributed by atoms with Crippen molar-refractivity contribution in [3.8, 4) is 0 Å². The van der Waals surface area contributed by atoms with Crippen LogP contribution in [-0.4, -0.2) is 22.9 Å². The van der Waals surface area contributed by atoms with Gasteiger partial charge in [0.25, 0.3) is 6.33 Å². The van der Waals surface area contributed by atoms with E-state index < -0.39 is 0 Å². The summed E-state index contributed by atoms with van der Waals surface area (Å²) >= 11 is 0. The maximum absolute atomic E-state index is 4.37. The average molecular weight is 231 g/mol. The van der Waals surface area contributed by atoms with E-state index in [2.05, 4.69) is 48.2 Å². The molecule has 90 valence electrons. The summed E-state index contributed by atoms with van der Waals surface area (Å²) in [5.41, 5.74) is 1.27. The molecule has 4 heteroatoms. The van der Waals surface area contributed by atoms with Crippen molar-refractivity contribution in [1.29, 1.82) is 0 Å². The van der Waals surface area contributed by atoms with Crippen molar-refractivity contribution in [2.75, 3.05) is 18.1 Å². The lowest BCUT2D eigenvalue weighted by Crippen LogP contribution is -2.38. The molecule has 0 saturated heterocycles. The molecular formula is C13H19N4+. The van der Waals surface area contributed by atoms with Crippen molar-refractivity contribution in [1.82, 2.24) is 9.77 Å². The van der Waals surface area contributed by atoms with Gasteiger partial charge in [0.05, 0.1) is 13.1 Å². The summed E-state index contributed by atoms with van der Waals surface area (Å²) < 4.78 is 4.00. The fourth-order valence-electron chi connectivity index (χ4n) is 1.86. The third kappa shape index (κ3) is 2.84. The van der Waals surface area contributed by atoms with Gasteiger partial charge in [0.1, 0.15) is 6.54 Å². The zero-order valence-corrected chi connectivity index (χ0v) is 10.5. The second-order valence-corrected chi connectivity index (χ2v) is 3.95. The zero-order chi connectivity index (χ0) is 12.1. The zero-order valence-electron chi connectivity index (χ0n) is 10.5. The fraction of sp³-hybridized carbons (Fsp3) is 0.385. The Morgan fingerprint density at radius 1 is 1.18 bits per heavy atom. The highest BCUT2D eigenvalue weighted by Crippen LogP contribution is 1.97. The second kappa shape index (κ2) is 5.48. The predicted molar refractivity (Wildman–Crippen MR) is 67.3 cm³/mol. The number of aromatic nitrogens is 3. The highest BCUT2D eigenvalue weighted by Gasteiger charge is 2.10. The molecule has 1 aromatic heterocycles. The molecule has 2 rings (SSSR count). The third-order valence-corrected chi connectivity index (χ3v) is 2.81. The van der Waals surface area contributed by atoms with E-state index in [-0.39, 0.29) is 0 Å². The number of hydrogen-bond acceptors (Lipinski definition) is 2. The van der Waals surface area contributed by atoms with Gasteiger partial charge < -0.3 is 0 Å². The van der Waals surface area contributed by atoms with Gasteiger partial charge in [-0.15, -0.1) is 9.36 Å². The van der Waals surface area contributed by atoms with Gasteiger partial charge in [0.15, 0.2) is 0 Å². The van der Waals surface area contributed by atoms with E-state index >= 15 is 0 Å². The summed E-state index contributed by atoms with van der Waals surface area (Å²) in [6.07, 6.45) is 3.88. The molecule has 0 bridgehead atoms. The largest absolute Gasteiger partial charge is 0.289 e. The summed E-state index contributed by atoms with van der Waals surface area (Å²) in [6, 6.07) is 10.4.